The number of rotatable bonds is 0. The van der Waals surface area contributed by atoms with Gasteiger partial charge in [-0.25, -0.2) is 0 Å². The zero-order valence-corrected chi connectivity index (χ0v) is 6.66. The average molecular weight is 156 g/mol. The predicted octanol–water partition coefficient (Wildman–Crippen LogP) is -0.0799. The molecule has 0 aromatic heterocycles. The first-order valence-electron chi connectivity index (χ1n) is 4.13. The zero-order chi connectivity index (χ0) is 7.68. The summed E-state index contributed by atoms with van der Waals surface area (Å²) < 4.78 is 10.7. The lowest BCUT2D eigenvalue weighted by Crippen LogP contribution is -2.54. The highest BCUT2D eigenvalue weighted by molar-refractivity contribution is 4.82. The molecule has 3 nitrogen and oxygen atoms in total. The van der Waals surface area contributed by atoms with Crippen LogP contribution in [0.5, 0.6) is 0 Å². The minimum absolute atomic E-state index is 0.157. The maximum absolute atomic E-state index is 5.41. The average Bonchev–Trinajstić information content (AvgIpc) is 2.04. The van der Waals surface area contributed by atoms with E-state index in [2.05, 4.69) is 11.8 Å². The van der Waals surface area contributed by atoms with Gasteiger partial charge in [-0.15, -0.1) is 0 Å². The van der Waals surface area contributed by atoms with E-state index in [0.717, 1.165) is 32.9 Å². The molecule has 0 amide bonds. The molecule has 2 atom stereocenters. The predicted molar refractivity (Wildman–Crippen MR) is 41.3 cm³/mol. The maximum atomic E-state index is 5.41. The van der Waals surface area contributed by atoms with E-state index in [1.165, 1.54) is 0 Å². The molecule has 0 bridgehead atoms. The molecule has 3 heteroatoms. The van der Waals surface area contributed by atoms with Gasteiger partial charge in [-0.05, 0) is 6.92 Å². The quantitative estimate of drug-likeness (QED) is 0.489. The van der Waals surface area contributed by atoms with Crippen LogP contribution in [-0.2, 0) is 9.47 Å². The number of morpholine rings is 2. The van der Waals surface area contributed by atoms with Crippen molar-refractivity contribution < 1.29 is 9.47 Å². The molecule has 2 saturated heterocycles. The van der Waals surface area contributed by atoms with Crippen LogP contribution >= 0.6 is 0 Å². The summed E-state index contributed by atoms with van der Waals surface area (Å²) in [7, 11) is 0. The summed E-state index contributed by atoms with van der Waals surface area (Å²) in [6, 6.07) is 0.488. The third-order valence-corrected chi connectivity index (χ3v) is 2.31. The molecule has 0 saturated carbocycles. The highest BCUT2D eigenvalue weighted by atomic mass is 16.5. The molecule has 0 N–H and O–H groups in total. The lowest BCUT2D eigenvalue weighted by Gasteiger charge is -2.41. The van der Waals surface area contributed by atoms with E-state index in [1.807, 2.05) is 0 Å². The van der Waals surface area contributed by atoms with Gasteiger partial charge in [0.05, 0.1) is 32.0 Å². The molecule has 0 aromatic carbocycles. The number of hydrogen-bond acceptors (Lipinski definition) is 3. The molecule has 0 unspecified atom stereocenters. The maximum Gasteiger partial charge on any atom is 0.0703 e. The summed E-state index contributed by atoms with van der Waals surface area (Å²) in [6.07, 6.45) is 0.157. The van der Waals surface area contributed by atoms with Gasteiger partial charge in [0.15, 0.2) is 0 Å². The zero-order valence-electron chi connectivity index (χ0n) is 6.66. The summed E-state index contributed by atoms with van der Waals surface area (Å²) in [6.45, 7) is 8.37. The second-order valence-corrected chi connectivity index (χ2v) is 3.18. The van der Waals surface area contributed by atoms with Crippen molar-refractivity contribution in [2.24, 2.45) is 0 Å². The van der Waals surface area contributed by atoms with Gasteiger partial charge >= 0.3 is 0 Å². The van der Waals surface area contributed by atoms with Crippen molar-refractivity contribution in [2.75, 3.05) is 32.9 Å². The van der Waals surface area contributed by atoms with E-state index in [0.29, 0.717) is 6.04 Å². The minimum atomic E-state index is 0.157. The Labute approximate surface area is 67.3 Å². The highest BCUT2D eigenvalue weighted by Gasteiger charge is 2.28. The van der Waals surface area contributed by atoms with Crippen LogP contribution in [0.15, 0.2) is 0 Å². The fraction of sp³-hybridized carbons (Fsp3) is 0.875. The Morgan fingerprint density at radius 2 is 2.27 bits per heavy atom. The highest BCUT2D eigenvalue weighted by Crippen LogP contribution is 2.14. The normalized spacial score (nSPS) is 40.1. The van der Waals surface area contributed by atoms with Crippen molar-refractivity contribution in [1.29, 1.82) is 0 Å². The van der Waals surface area contributed by atoms with Crippen LogP contribution in [0.4, 0.5) is 0 Å². The van der Waals surface area contributed by atoms with Crippen LogP contribution in [0.2, 0.25) is 0 Å². The fourth-order valence-electron chi connectivity index (χ4n) is 1.64. The van der Waals surface area contributed by atoms with Crippen molar-refractivity contribution in [1.82, 2.24) is 4.90 Å². The Morgan fingerprint density at radius 3 is 3.18 bits per heavy atom. The topological polar surface area (TPSA) is 21.7 Å². The van der Waals surface area contributed by atoms with Crippen LogP contribution in [0, 0.1) is 6.92 Å². The summed E-state index contributed by atoms with van der Waals surface area (Å²) in [5, 5.41) is 0. The van der Waals surface area contributed by atoms with E-state index in [4.69, 9.17) is 9.47 Å². The molecule has 2 fully saturated rings. The van der Waals surface area contributed by atoms with Crippen LogP contribution in [0.25, 0.3) is 0 Å². The molecule has 2 aliphatic rings. The molecule has 63 valence electrons. The lowest BCUT2D eigenvalue weighted by molar-refractivity contribution is -0.103. The number of nitrogens with zero attached hydrogens (tertiary/aromatic N) is 1. The number of ether oxygens (including phenoxy) is 2. The second kappa shape index (κ2) is 3.09. The molecular formula is C8H14NO2. The first-order valence-corrected chi connectivity index (χ1v) is 4.13. The number of hydrogen-bond donors (Lipinski definition) is 0. The fourth-order valence-corrected chi connectivity index (χ4v) is 1.64. The van der Waals surface area contributed by atoms with Gasteiger partial charge in [0.25, 0.3) is 0 Å². The lowest BCUT2D eigenvalue weighted by atomic mass is 10.2. The second-order valence-electron chi connectivity index (χ2n) is 3.18. The molecule has 2 rings (SSSR count). The molecule has 0 aromatic rings. The Balaban J connectivity index is 1.93. The first kappa shape index (κ1) is 7.53. The molecule has 0 aliphatic carbocycles. The van der Waals surface area contributed by atoms with E-state index < -0.39 is 0 Å². The Morgan fingerprint density at radius 1 is 1.36 bits per heavy atom. The van der Waals surface area contributed by atoms with Crippen molar-refractivity contribution >= 4 is 0 Å². The summed E-state index contributed by atoms with van der Waals surface area (Å²) in [5.41, 5.74) is 0. The monoisotopic (exact) mass is 156 g/mol. The SMILES string of the molecule is [CH2][C@@H]1CN2CCOC[C@H]2CO1. The number of fused-ring (bicyclic) bond motifs is 1. The van der Waals surface area contributed by atoms with Gasteiger partial charge in [0.2, 0.25) is 0 Å². The van der Waals surface area contributed by atoms with Crippen molar-refractivity contribution in [2.45, 2.75) is 12.1 Å². The van der Waals surface area contributed by atoms with Crippen molar-refractivity contribution in [3.05, 3.63) is 6.92 Å². The van der Waals surface area contributed by atoms with E-state index in [-0.39, 0.29) is 6.10 Å². The van der Waals surface area contributed by atoms with E-state index in [1.54, 1.807) is 0 Å². The van der Waals surface area contributed by atoms with Gasteiger partial charge in [-0.2, -0.15) is 0 Å². The summed E-state index contributed by atoms with van der Waals surface area (Å²) in [4.78, 5) is 2.41. The largest absolute Gasteiger partial charge is 0.378 e. The van der Waals surface area contributed by atoms with Crippen molar-refractivity contribution in [3.8, 4) is 0 Å². The molecule has 1 radical (unpaired) electrons. The molecule has 2 aliphatic heterocycles. The molecule has 11 heavy (non-hydrogen) atoms. The van der Waals surface area contributed by atoms with Gasteiger partial charge in [-0.1, -0.05) is 0 Å². The smallest absolute Gasteiger partial charge is 0.0703 e. The summed E-state index contributed by atoms with van der Waals surface area (Å²) >= 11 is 0. The Hall–Kier alpha value is -0.120. The van der Waals surface area contributed by atoms with Crippen LogP contribution in [0.1, 0.15) is 0 Å². The van der Waals surface area contributed by atoms with Gasteiger partial charge in [0.1, 0.15) is 0 Å². The third kappa shape index (κ3) is 1.55. The van der Waals surface area contributed by atoms with Gasteiger partial charge in [0, 0.05) is 13.1 Å². The summed E-state index contributed by atoms with van der Waals surface area (Å²) in [5.74, 6) is 0. The van der Waals surface area contributed by atoms with Gasteiger partial charge in [-0.3, -0.25) is 4.90 Å². The Kier molecular flexibility index (Phi) is 2.11. The van der Waals surface area contributed by atoms with E-state index >= 15 is 0 Å². The van der Waals surface area contributed by atoms with Crippen molar-refractivity contribution in [3.63, 3.8) is 0 Å². The molecular weight excluding hydrogens is 142 g/mol. The minimum Gasteiger partial charge on any atom is -0.378 e. The first-order chi connectivity index (χ1) is 5.36. The van der Waals surface area contributed by atoms with Crippen LogP contribution in [0.3, 0.4) is 0 Å². The third-order valence-electron chi connectivity index (χ3n) is 2.31. The van der Waals surface area contributed by atoms with Crippen LogP contribution < -0.4 is 0 Å². The van der Waals surface area contributed by atoms with E-state index in [9.17, 15) is 0 Å². The van der Waals surface area contributed by atoms with Gasteiger partial charge < -0.3 is 9.47 Å². The molecule has 0 spiro atoms. The van der Waals surface area contributed by atoms with Crippen LogP contribution in [-0.4, -0.2) is 50.0 Å². The molecule has 2 heterocycles. The Bertz CT molecular complexity index is 140. The standard InChI is InChI=1S/C8H14NO2/c1-7-4-9-2-3-10-5-8(9)6-11-7/h7-8H,1-6H2/t7-,8+/m1/s1.